The normalized spacial score (nSPS) is 23.9. The number of aromatic nitrogens is 2. The van der Waals surface area contributed by atoms with Crippen molar-refractivity contribution in [3.8, 4) is 0 Å². The summed E-state index contributed by atoms with van der Waals surface area (Å²) in [4.78, 5) is 0.317. The second-order valence-electron chi connectivity index (χ2n) is 5.68. The van der Waals surface area contributed by atoms with Gasteiger partial charge in [-0.3, -0.25) is 4.68 Å². The summed E-state index contributed by atoms with van der Waals surface area (Å²) in [5, 5.41) is 4.21. The zero-order chi connectivity index (χ0) is 14.8. The Morgan fingerprint density at radius 2 is 1.95 bits per heavy atom. The van der Waals surface area contributed by atoms with E-state index < -0.39 is 10.0 Å². The quantitative estimate of drug-likeness (QED) is 0.908. The van der Waals surface area contributed by atoms with Gasteiger partial charge >= 0.3 is 0 Å². The standard InChI is InChI=1S/C14H25N3O2S/c1-4-12-6-8-13(9-7-12)16-20(18,19)14-10-17(5-2)15-11(14)3/h10,12-13,16H,4-9H2,1-3H3. The molecule has 1 aliphatic rings. The van der Waals surface area contributed by atoms with Gasteiger partial charge in [-0.1, -0.05) is 13.3 Å². The van der Waals surface area contributed by atoms with Crippen LogP contribution in [0.2, 0.25) is 0 Å². The molecular weight excluding hydrogens is 274 g/mol. The largest absolute Gasteiger partial charge is 0.271 e. The van der Waals surface area contributed by atoms with Crippen molar-refractivity contribution in [2.75, 3.05) is 0 Å². The molecule has 0 amide bonds. The Kier molecular flexibility index (Phi) is 4.86. The summed E-state index contributed by atoms with van der Waals surface area (Å²) in [6.07, 6.45) is 6.95. The fourth-order valence-electron chi connectivity index (χ4n) is 2.90. The van der Waals surface area contributed by atoms with Crippen LogP contribution in [0.25, 0.3) is 0 Å². The van der Waals surface area contributed by atoms with Crippen molar-refractivity contribution < 1.29 is 8.42 Å². The molecule has 0 spiro atoms. The molecule has 20 heavy (non-hydrogen) atoms. The van der Waals surface area contributed by atoms with Crippen molar-refractivity contribution in [1.29, 1.82) is 0 Å². The van der Waals surface area contributed by atoms with E-state index in [0.29, 0.717) is 17.1 Å². The van der Waals surface area contributed by atoms with Crippen molar-refractivity contribution in [3.05, 3.63) is 11.9 Å². The molecule has 0 aromatic carbocycles. The molecule has 1 aromatic heterocycles. The molecule has 0 saturated heterocycles. The summed E-state index contributed by atoms with van der Waals surface area (Å²) in [6.45, 7) is 6.58. The van der Waals surface area contributed by atoms with E-state index in [1.54, 1.807) is 17.8 Å². The number of aryl methyl sites for hydroxylation is 2. The SMILES string of the molecule is CCC1CCC(NS(=O)(=O)c2cn(CC)nc2C)CC1. The predicted molar refractivity (Wildman–Crippen MR) is 79.0 cm³/mol. The molecule has 1 saturated carbocycles. The molecule has 1 aliphatic carbocycles. The summed E-state index contributed by atoms with van der Waals surface area (Å²) >= 11 is 0. The summed E-state index contributed by atoms with van der Waals surface area (Å²) in [6, 6.07) is 0.0761. The zero-order valence-corrected chi connectivity index (χ0v) is 13.4. The highest BCUT2D eigenvalue weighted by molar-refractivity contribution is 7.89. The van der Waals surface area contributed by atoms with Gasteiger partial charge in [0.2, 0.25) is 10.0 Å². The van der Waals surface area contributed by atoms with E-state index in [0.717, 1.165) is 31.6 Å². The molecule has 6 heteroatoms. The third kappa shape index (κ3) is 3.41. The van der Waals surface area contributed by atoms with Gasteiger partial charge in [0.05, 0.1) is 5.69 Å². The monoisotopic (exact) mass is 299 g/mol. The average molecular weight is 299 g/mol. The van der Waals surface area contributed by atoms with Crippen molar-refractivity contribution >= 4 is 10.0 Å². The highest BCUT2D eigenvalue weighted by Gasteiger charge is 2.27. The highest BCUT2D eigenvalue weighted by Crippen LogP contribution is 2.27. The maximum absolute atomic E-state index is 12.4. The first-order valence-electron chi connectivity index (χ1n) is 7.52. The Morgan fingerprint density at radius 1 is 1.30 bits per heavy atom. The van der Waals surface area contributed by atoms with Gasteiger partial charge in [-0.25, -0.2) is 13.1 Å². The van der Waals surface area contributed by atoms with Crippen LogP contribution in [-0.4, -0.2) is 24.2 Å². The maximum Gasteiger partial charge on any atom is 0.244 e. The number of rotatable bonds is 5. The average Bonchev–Trinajstić information content (AvgIpc) is 2.81. The molecule has 1 aromatic rings. The number of nitrogens with one attached hydrogen (secondary N) is 1. The van der Waals surface area contributed by atoms with Crippen molar-refractivity contribution in [3.63, 3.8) is 0 Å². The van der Waals surface area contributed by atoms with Gasteiger partial charge in [-0.2, -0.15) is 5.10 Å². The first-order chi connectivity index (χ1) is 9.46. The molecule has 0 bridgehead atoms. The number of hydrogen-bond donors (Lipinski definition) is 1. The summed E-state index contributed by atoms with van der Waals surface area (Å²) < 4.78 is 29.4. The van der Waals surface area contributed by atoms with E-state index in [4.69, 9.17) is 0 Å². The lowest BCUT2D eigenvalue weighted by molar-refractivity contribution is 0.306. The molecular formula is C14H25N3O2S. The lowest BCUT2D eigenvalue weighted by Crippen LogP contribution is -2.37. The van der Waals surface area contributed by atoms with Gasteiger partial charge in [0, 0.05) is 18.8 Å². The third-order valence-corrected chi connectivity index (χ3v) is 5.88. The van der Waals surface area contributed by atoms with Crippen LogP contribution >= 0.6 is 0 Å². The van der Waals surface area contributed by atoms with Crippen LogP contribution in [0.1, 0.15) is 51.6 Å². The van der Waals surface area contributed by atoms with Crippen LogP contribution in [-0.2, 0) is 16.6 Å². The van der Waals surface area contributed by atoms with Crippen LogP contribution < -0.4 is 4.72 Å². The molecule has 0 unspecified atom stereocenters. The van der Waals surface area contributed by atoms with Crippen LogP contribution in [0.3, 0.4) is 0 Å². The minimum atomic E-state index is -3.44. The molecule has 1 heterocycles. The fraction of sp³-hybridized carbons (Fsp3) is 0.786. The van der Waals surface area contributed by atoms with Crippen LogP contribution in [0.4, 0.5) is 0 Å². The Hall–Kier alpha value is -0.880. The lowest BCUT2D eigenvalue weighted by Gasteiger charge is -2.28. The molecule has 1 N–H and O–H groups in total. The van der Waals surface area contributed by atoms with Crippen molar-refractivity contribution in [1.82, 2.24) is 14.5 Å². The van der Waals surface area contributed by atoms with Gasteiger partial charge in [0.25, 0.3) is 0 Å². The van der Waals surface area contributed by atoms with Gasteiger partial charge in [0.1, 0.15) is 4.90 Å². The van der Waals surface area contributed by atoms with Gasteiger partial charge in [0.15, 0.2) is 0 Å². The smallest absolute Gasteiger partial charge is 0.244 e. The molecule has 1 fully saturated rings. The topological polar surface area (TPSA) is 64.0 Å². The van der Waals surface area contributed by atoms with E-state index in [-0.39, 0.29) is 6.04 Å². The summed E-state index contributed by atoms with van der Waals surface area (Å²) in [5.74, 6) is 0.764. The van der Waals surface area contributed by atoms with Crippen molar-refractivity contribution in [2.45, 2.75) is 70.4 Å². The zero-order valence-electron chi connectivity index (χ0n) is 12.6. The number of hydrogen-bond acceptors (Lipinski definition) is 3. The Bertz CT molecular complexity index is 543. The van der Waals surface area contributed by atoms with Crippen LogP contribution in [0.15, 0.2) is 11.1 Å². The van der Waals surface area contributed by atoms with E-state index >= 15 is 0 Å². The minimum Gasteiger partial charge on any atom is -0.271 e. The molecule has 0 radical (unpaired) electrons. The van der Waals surface area contributed by atoms with E-state index in [1.165, 1.54) is 6.42 Å². The molecule has 2 rings (SSSR count). The number of nitrogens with zero attached hydrogens (tertiary/aromatic N) is 2. The fourth-order valence-corrected chi connectivity index (χ4v) is 4.39. The first kappa shape index (κ1) is 15.5. The molecule has 0 aliphatic heterocycles. The van der Waals surface area contributed by atoms with Gasteiger partial charge in [-0.05, 0) is 45.4 Å². The Labute approximate surface area is 121 Å². The molecule has 114 valence electrons. The van der Waals surface area contributed by atoms with Crippen molar-refractivity contribution in [2.24, 2.45) is 5.92 Å². The highest BCUT2D eigenvalue weighted by atomic mass is 32.2. The number of sulfonamides is 1. The molecule has 5 nitrogen and oxygen atoms in total. The third-order valence-electron chi connectivity index (χ3n) is 4.26. The lowest BCUT2D eigenvalue weighted by atomic mass is 9.85. The summed E-state index contributed by atoms with van der Waals surface area (Å²) in [7, 11) is -3.44. The second kappa shape index (κ2) is 6.26. The Morgan fingerprint density at radius 3 is 2.45 bits per heavy atom. The van der Waals surface area contributed by atoms with E-state index in [9.17, 15) is 8.42 Å². The first-order valence-corrected chi connectivity index (χ1v) is 9.01. The maximum atomic E-state index is 12.4. The Balaban J connectivity index is 2.06. The minimum absolute atomic E-state index is 0.0761. The van der Waals surface area contributed by atoms with Crippen LogP contribution in [0, 0.1) is 12.8 Å². The van der Waals surface area contributed by atoms with E-state index in [1.807, 2.05) is 6.92 Å². The molecule has 0 atom stereocenters. The summed E-state index contributed by atoms with van der Waals surface area (Å²) in [5.41, 5.74) is 0.571. The predicted octanol–water partition coefficient (Wildman–Crippen LogP) is 2.46. The van der Waals surface area contributed by atoms with Gasteiger partial charge < -0.3 is 0 Å². The van der Waals surface area contributed by atoms with Gasteiger partial charge in [-0.15, -0.1) is 0 Å². The second-order valence-corrected chi connectivity index (χ2v) is 7.36. The van der Waals surface area contributed by atoms with Crippen LogP contribution in [0.5, 0.6) is 0 Å². The van der Waals surface area contributed by atoms with E-state index in [2.05, 4.69) is 16.7 Å².